The molecule has 11 heteroatoms. The number of rotatable bonds is 6. The highest BCUT2D eigenvalue weighted by Crippen LogP contribution is 2.35. The summed E-state index contributed by atoms with van der Waals surface area (Å²) in [4.78, 5) is 25.7. The number of fused-ring (bicyclic) bond motifs is 1. The van der Waals surface area contributed by atoms with Crippen LogP contribution in [0.3, 0.4) is 0 Å². The molecule has 1 aliphatic heterocycles. The number of hydrogen-bond donors (Lipinski definition) is 2. The van der Waals surface area contributed by atoms with Gasteiger partial charge < -0.3 is 20.9 Å². The summed E-state index contributed by atoms with van der Waals surface area (Å²) in [6, 6.07) is 8.93. The zero-order valence-corrected chi connectivity index (χ0v) is 22.9. The van der Waals surface area contributed by atoms with E-state index in [-0.39, 0.29) is 5.69 Å². The van der Waals surface area contributed by atoms with Crippen LogP contribution in [-0.2, 0) is 6.18 Å². The van der Waals surface area contributed by atoms with E-state index in [4.69, 9.17) is 5.73 Å². The number of hydrogen-bond acceptors (Lipinski definition) is 7. The van der Waals surface area contributed by atoms with Crippen LogP contribution in [0.4, 0.5) is 30.4 Å². The number of nitrogens with two attached hydrogens (primary N) is 1. The van der Waals surface area contributed by atoms with Crippen molar-refractivity contribution < 1.29 is 18.0 Å². The molecule has 7 nitrogen and oxygen atoms in total. The van der Waals surface area contributed by atoms with Gasteiger partial charge in [0.25, 0.3) is 5.91 Å². The van der Waals surface area contributed by atoms with Gasteiger partial charge >= 0.3 is 6.18 Å². The highest BCUT2D eigenvalue weighted by molar-refractivity contribution is 7.18. The average Bonchev–Trinajstić information content (AvgIpc) is 3.36. The molecule has 0 spiro atoms. The van der Waals surface area contributed by atoms with Gasteiger partial charge in [-0.2, -0.15) is 13.2 Å². The third-order valence-corrected chi connectivity index (χ3v) is 8.09. The van der Waals surface area contributed by atoms with Gasteiger partial charge in [0.05, 0.1) is 15.8 Å². The molecule has 208 valence electrons. The van der Waals surface area contributed by atoms with Crippen LogP contribution < -0.4 is 16.0 Å². The second-order valence-electron chi connectivity index (χ2n) is 9.67. The van der Waals surface area contributed by atoms with Crippen LogP contribution in [0.25, 0.3) is 22.4 Å². The van der Waals surface area contributed by atoms with Crippen molar-refractivity contribution in [3.05, 3.63) is 75.9 Å². The van der Waals surface area contributed by atoms with E-state index in [2.05, 4.69) is 27.1 Å². The number of aromatic nitrogens is 2. The highest BCUT2D eigenvalue weighted by Gasteiger charge is 2.32. The SMILES string of the molecule is CCN1CCN(c2cc(NC(=O)c3ccc(C)c(C=Cc4csc5c(N)ncnc45)c3)cc(C(F)(F)F)c2)CC1. The number of likely N-dealkylation sites (N-methyl/N-ethyl adjacent to an activating group) is 1. The number of nitrogens with one attached hydrogen (secondary N) is 1. The Balaban J connectivity index is 1.39. The molecule has 5 rings (SSSR count). The average molecular weight is 567 g/mol. The summed E-state index contributed by atoms with van der Waals surface area (Å²) >= 11 is 1.45. The van der Waals surface area contributed by atoms with Crippen molar-refractivity contribution in [1.82, 2.24) is 14.9 Å². The number of anilines is 3. The molecule has 0 saturated carbocycles. The summed E-state index contributed by atoms with van der Waals surface area (Å²) in [6.45, 7) is 7.67. The molecule has 4 aromatic rings. The summed E-state index contributed by atoms with van der Waals surface area (Å²) in [6.07, 6.45) is 0.656. The third-order valence-electron chi connectivity index (χ3n) is 7.08. The minimum absolute atomic E-state index is 0.104. The molecular weight excluding hydrogens is 537 g/mol. The second-order valence-corrected chi connectivity index (χ2v) is 10.6. The number of carbonyl (C=O) groups excluding carboxylic acids is 1. The van der Waals surface area contributed by atoms with Crippen LogP contribution in [0, 0.1) is 6.92 Å². The fraction of sp³-hybridized carbons (Fsp3) is 0.276. The molecule has 1 amide bonds. The Morgan fingerprint density at radius 2 is 1.82 bits per heavy atom. The van der Waals surface area contributed by atoms with Crippen molar-refractivity contribution in [2.45, 2.75) is 20.0 Å². The Morgan fingerprint density at radius 1 is 1.07 bits per heavy atom. The lowest BCUT2D eigenvalue weighted by atomic mass is 10.0. The van der Waals surface area contributed by atoms with Gasteiger partial charge in [0.2, 0.25) is 0 Å². The molecule has 3 N–H and O–H groups in total. The van der Waals surface area contributed by atoms with Gasteiger partial charge in [0.15, 0.2) is 0 Å². The minimum atomic E-state index is -4.54. The van der Waals surface area contributed by atoms with Crippen LogP contribution >= 0.6 is 11.3 Å². The van der Waals surface area contributed by atoms with Crippen molar-refractivity contribution >= 4 is 56.8 Å². The zero-order valence-electron chi connectivity index (χ0n) is 22.1. The highest BCUT2D eigenvalue weighted by atomic mass is 32.1. The number of benzene rings is 2. The molecule has 1 fully saturated rings. The molecular formula is C29H29F3N6OS. The first-order valence-electron chi connectivity index (χ1n) is 12.9. The first kappa shape index (κ1) is 27.6. The third kappa shape index (κ3) is 5.95. The van der Waals surface area contributed by atoms with Gasteiger partial charge in [-0.15, -0.1) is 11.3 Å². The smallest absolute Gasteiger partial charge is 0.382 e. The van der Waals surface area contributed by atoms with Gasteiger partial charge in [-0.1, -0.05) is 25.1 Å². The Labute approximate surface area is 234 Å². The number of carbonyl (C=O) groups is 1. The van der Waals surface area contributed by atoms with E-state index in [1.54, 1.807) is 18.2 Å². The maximum atomic E-state index is 13.7. The van der Waals surface area contributed by atoms with Crippen LogP contribution in [-0.4, -0.2) is 53.5 Å². The Morgan fingerprint density at radius 3 is 2.55 bits per heavy atom. The number of nitrogens with zero attached hydrogens (tertiary/aromatic N) is 4. The quantitative estimate of drug-likeness (QED) is 0.291. The van der Waals surface area contributed by atoms with E-state index >= 15 is 0 Å². The summed E-state index contributed by atoms with van der Waals surface area (Å²) in [5.41, 5.74) is 9.39. The molecule has 2 aromatic carbocycles. The molecule has 0 bridgehead atoms. The maximum absolute atomic E-state index is 13.7. The largest absolute Gasteiger partial charge is 0.416 e. The van der Waals surface area contributed by atoms with Crippen molar-refractivity contribution in [3.63, 3.8) is 0 Å². The Hall–Kier alpha value is -3.96. The maximum Gasteiger partial charge on any atom is 0.416 e. The first-order valence-corrected chi connectivity index (χ1v) is 13.8. The van der Waals surface area contributed by atoms with E-state index in [1.807, 2.05) is 35.4 Å². The number of aryl methyl sites for hydroxylation is 1. The van der Waals surface area contributed by atoms with E-state index in [1.165, 1.54) is 17.7 Å². The second kappa shape index (κ2) is 11.3. The molecule has 40 heavy (non-hydrogen) atoms. The standard InChI is InChI=1S/C29H29F3N6OS/c1-3-37-8-10-38(11-9-37)24-14-22(29(30,31)32)13-23(15-24)36-28(39)20-5-4-18(2)19(12-20)6-7-21-16-40-26-25(21)34-17-35-27(26)33/h4-7,12-17H,3,8-11H2,1-2H3,(H,36,39)(H2,33,34,35). The molecule has 0 radical (unpaired) electrons. The number of amides is 1. The fourth-order valence-electron chi connectivity index (χ4n) is 4.70. The van der Waals surface area contributed by atoms with Crippen molar-refractivity contribution in [2.75, 3.05) is 48.7 Å². The van der Waals surface area contributed by atoms with Gasteiger partial charge in [-0.3, -0.25) is 4.79 Å². The summed E-state index contributed by atoms with van der Waals surface area (Å²) in [5.74, 6) is -0.0670. The van der Waals surface area contributed by atoms with Crippen molar-refractivity contribution in [1.29, 1.82) is 0 Å². The predicted molar refractivity (Wildman–Crippen MR) is 156 cm³/mol. The number of thiophene rings is 1. The molecule has 0 unspecified atom stereocenters. The van der Waals surface area contributed by atoms with Crippen LogP contribution in [0.15, 0.2) is 48.1 Å². The summed E-state index contributed by atoms with van der Waals surface area (Å²) in [5, 5.41) is 4.62. The molecule has 1 saturated heterocycles. The number of piperazine rings is 1. The normalized spacial score (nSPS) is 14.8. The molecule has 2 aromatic heterocycles. The van der Waals surface area contributed by atoms with Crippen LogP contribution in [0.1, 0.15) is 39.5 Å². The fourth-order valence-corrected chi connectivity index (χ4v) is 5.59. The predicted octanol–water partition coefficient (Wildman–Crippen LogP) is 6.17. The van der Waals surface area contributed by atoms with Crippen molar-refractivity contribution in [2.24, 2.45) is 0 Å². The number of nitrogen functional groups attached to an aromatic ring is 1. The molecule has 0 aliphatic carbocycles. The van der Waals surface area contributed by atoms with E-state index in [0.717, 1.165) is 58.7 Å². The van der Waals surface area contributed by atoms with Gasteiger partial charge in [-0.05, 0) is 54.9 Å². The summed E-state index contributed by atoms with van der Waals surface area (Å²) in [7, 11) is 0. The topological polar surface area (TPSA) is 87.4 Å². The van der Waals surface area contributed by atoms with Gasteiger partial charge in [0.1, 0.15) is 12.1 Å². The van der Waals surface area contributed by atoms with E-state index in [9.17, 15) is 18.0 Å². The van der Waals surface area contributed by atoms with Crippen LogP contribution in [0.5, 0.6) is 0 Å². The monoisotopic (exact) mass is 566 g/mol. The van der Waals surface area contributed by atoms with Crippen LogP contribution in [0.2, 0.25) is 0 Å². The van der Waals surface area contributed by atoms with Gasteiger partial charge in [0, 0.05) is 54.1 Å². The summed E-state index contributed by atoms with van der Waals surface area (Å²) < 4.78 is 42.1. The number of alkyl halides is 3. The van der Waals surface area contributed by atoms with Crippen molar-refractivity contribution in [3.8, 4) is 0 Å². The lowest BCUT2D eigenvalue weighted by molar-refractivity contribution is -0.137. The van der Waals surface area contributed by atoms with E-state index in [0.29, 0.717) is 30.2 Å². The Kier molecular flexibility index (Phi) is 7.77. The number of halogens is 3. The van der Waals surface area contributed by atoms with Gasteiger partial charge in [-0.25, -0.2) is 9.97 Å². The lowest BCUT2D eigenvalue weighted by Crippen LogP contribution is -2.46. The van der Waals surface area contributed by atoms with E-state index < -0.39 is 17.6 Å². The molecule has 0 atom stereocenters. The Bertz CT molecular complexity index is 1570. The molecule has 3 heterocycles. The lowest BCUT2D eigenvalue weighted by Gasteiger charge is -2.36. The minimum Gasteiger partial charge on any atom is -0.382 e. The first-order chi connectivity index (χ1) is 19.1. The zero-order chi connectivity index (χ0) is 28.4. The molecule has 1 aliphatic rings.